The molecule has 0 saturated carbocycles. The van der Waals surface area contributed by atoms with Crippen LogP contribution in [0, 0.1) is 11.2 Å². The molecule has 28 heavy (non-hydrogen) atoms. The molecule has 2 amide bonds. The molecule has 3 rings (SSSR count). The van der Waals surface area contributed by atoms with Crippen molar-refractivity contribution in [1.82, 2.24) is 10.2 Å². The Morgan fingerprint density at radius 1 is 1.21 bits per heavy atom. The topological polar surface area (TPSA) is 49.4 Å². The van der Waals surface area contributed by atoms with E-state index in [4.69, 9.17) is 11.6 Å². The summed E-state index contributed by atoms with van der Waals surface area (Å²) in [6.45, 7) is 3.14. The summed E-state index contributed by atoms with van der Waals surface area (Å²) in [5.74, 6) is -0.476. The van der Waals surface area contributed by atoms with Crippen LogP contribution in [-0.2, 0) is 22.6 Å². The molecule has 6 heteroatoms. The van der Waals surface area contributed by atoms with Gasteiger partial charge in [0.2, 0.25) is 11.8 Å². The van der Waals surface area contributed by atoms with Gasteiger partial charge in [-0.05, 0) is 49.1 Å². The molecular formula is C22H24ClFN2O2. The molecule has 0 spiro atoms. The summed E-state index contributed by atoms with van der Waals surface area (Å²) in [7, 11) is 0. The lowest BCUT2D eigenvalue weighted by molar-refractivity contribution is -0.140. The summed E-state index contributed by atoms with van der Waals surface area (Å²) in [6.07, 6.45) is 1.69. The minimum Gasteiger partial charge on any atom is -0.351 e. The number of nitrogens with zero attached hydrogens (tertiary/aromatic N) is 1. The Hall–Kier alpha value is -2.40. The first-order chi connectivity index (χ1) is 13.4. The number of nitrogens with one attached hydrogen (secondary N) is 1. The van der Waals surface area contributed by atoms with Gasteiger partial charge in [-0.15, -0.1) is 0 Å². The van der Waals surface area contributed by atoms with Crippen LogP contribution in [-0.4, -0.2) is 29.8 Å². The van der Waals surface area contributed by atoms with E-state index in [1.807, 2.05) is 25.1 Å². The van der Waals surface area contributed by atoms with E-state index in [0.29, 0.717) is 30.1 Å². The van der Waals surface area contributed by atoms with Crippen LogP contribution in [0.4, 0.5) is 4.39 Å². The van der Waals surface area contributed by atoms with Gasteiger partial charge in [-0.1, -0.05) is 41.9 Å². The molecule has 1 unspecified atom stereocenters. The highest BCUT2D eigenvalue weighted by Gasteiger charge is 2.39. The van der Waals surface area contributed by atoms with Gasteiger partial charge in [-0.3, -0.25) is 9.59 Å². The van der Waals surface area contributed by atoms with Crippen LogP contribution >= 0.6 is 11.6 Å². The van der Waals surface area contributed by atoms with E-state index in [9.17, 15) is 14.0 Å². The molecule has 1 aliphatic heterocycles. The Bertz CT molecular complexity index is 873. The minimum absolute atomic E-state index is 0.0306. The maximum absolute atomic E-state index is 13.3. The van der Waals surface area contributed by atoms with Gasteiger partial charge >= 0.3 is 0 Å². The van der Waals surface area contributed by atoms with E-state index in [0.717, 1.165) is 12.0 Å². The van der Waals surface area contributed by atoms with Gasteiger partial charge in [0.25, 0.3) is 0 Å². The van der Waals surface area contributed by atoms with E-state index in [1.54, 1.807) is 23.1 Å². The first-order valence-corrected chi connectivity index (χ1v) is 9.79. The number of rotatable bonds is 5. The number of amides is 2. The molecule has 1 N–H and O–H groups in total. The van der Waals surface area contributed by atoms with Gasteiger partial charge < -0.3 is 10.2 Å². The summed E-state index contributed by atoms with van der Waals surface area (Å²) in [5, 5.41) is 3.46. The lowest BCUT2D eigenvalue weighted by Gasteiger charge is -2.39. The monoisotopic (exact) mass is 402 g/mol. The normalized spacial score (nSPS) is 19.3. The molecule has 1 atom stereocenters. The zero-order valence-electron chi connectivity index (χ0n) is 15.9. The molecule has 2 aromatic carbocycles. The zero-order chi connectivity index (χ0) is 20.1. The number of carbonyl (C=O) groups excluding carboxylic acids is 2. The summed E-state index contributed by atoms with van der Waals surface area (Å²) >= 11 is 6.16. The zero-order valence-corrected chi connectivity index (χ0v) is 16.6. The Morgan fingerprint density at radius 3 is 2.75 bits per heavy atom. The van der Waals surface area contributed by atoms with Gasteiger partial charge in [0, 0.05) is 24.7 Å². The van der Waals surface area contributed by atoms with Crippen molar-refractivity contribution < 1.29 is 14.0 Å². The van der Waals surface area contributed by atoms with Crippen LogP contribution in [0.15, 0.2) is 48.5 Å². The van der Waals surface area contributed by atoms with Gasteiger partial charge in [0.1, 0.15) is 5.82 Å². The average molecular weight is 403 g/mol. The summed E-state index contributed by atoms with van der Waals surface area (Å²) in [4.78, 5) is 27.3. The number of piperidine rings is 1. The highest BCUT2D eigenvalue weighted by molar-refractivity contribution is 6.31. The first kappa shape index (κ1) is 20.3. The molecule has 0 aliphatic carbocycles. The minimum atomic E-state index is -0.665. The Labute approximate surface area is 169 Å². The molecule has 1 saturated heterocycles. The predicted molar refractivity (Wildman–Crippen MR) is 107 cm³/mol. The van der Waals surface area contributed by atoms with E-state index < -0.39 is 5.41 Å². The van der Waals surface area contributed by atoms with Crippen LogP contribution in [0.1, 0.15) is 30.9 Å². The predicted octanol–water partition coefficient (Wildman–Crippen LogP) is 3.97. The molecule has 1 heterocycles. The van der Waals surface area contributed by atoms with Gasteiger partial charge in [-0.2, -0.15) is 0 Å². The number of likely N-dealkylation sites (tertiary alicyclic amines) is 1. The van der Waals surface area contributed by atoms with Crippen molar-refractivity contribution in [1.29, 1.82) is 0 Å². The maximum atomic E-state index is 13.3. The number of hydrogen-bond donors (Lipinski definition) is 1. The number of benzene rings is 2. The van der Waals surface area contributed by atoms with Gasteiger partial charge in [0.05, 0.1) is 11.8 Å². The molecule has 1 aliphatic rings. The van der Waals surface area contributed by atoms with Crippen molar-refractivity contribution in [2.24, 2.45) is 5.41 Å². The highest BCUT2D eigenvalue weighted by Crippen LogP contribution is 2.30. The lowest BCUT2D eigenvalue weighted by atomic mass is 9.80. The van der Waals surface area contributed by atoms with Crippen LogP contribution < -0.4 is 5.32 Å². The van der Waals surface area contributed by atoms with E-state index in [1.165, 1.54) is 12.1 Å². The highest BCUT2D eigenvalue weighted by atomic mass is 35.5. The van der Waals surface area contributed by atoms with Crippen molar-refractivity contribution in [3.8, 4) is 0 Å². The smallest absolute Gasteiger partial charge is 0.227 e. The largest absolute Gasteiger partial charge is 0.351 e. The van der Waals surface area contributed by atoms with Crippen molar-refractivity contribution in [3.63, 3.8) is 0 Å². The van der Waals surface area contributed by atoms with Crippen LogP contribution in [0.2, 0.25) is 5.02 Å². The molecule has 0 aromatic heterocycles. The fourth-order valence-electron chi connectivity index (χ4n) is 3.60. The molecular weight excluding hydrogens is 379 g/mol. The van der Waals surface area contributed by atoms with Gasteiger partial charge in [-0.25, -0.2) is 4.39 Å². The third-order valence-electron chi connectivity index (χ3n) is 5.24. The SMILES string of the molecule is CC1(C(=O)NCc2cccc(F)c2)CCCN(C(=O)Cc2ccccc2Cl)C1. The maximum Gasteiger partial charge on any atom is 0.227 e. The Kier molecular flexibility index (Phi) is 6.35. The van der Waals surface area contributed by atoms with Crippen LogP contribution in [0.5, 0.6) is 0 Å². The Balaban J connectivity index is 1.61. The molecule has 2 aromatic rings. The molecule has 1 fully saturated rings. The van der Waals surface area contributed by atoms with Crippen molar-refractivity contribution in [2.75, 3.05) is 13.1 Å². The number of hydrogen-bond acceptors (Lipinski definition) is 2. The summed E-state index contributed by atoms with van der Waals surface area (Å²) in [6, 6.07) is 13.5. The van der Waals surface area contributed by atoms with Gasteiger partial charge in [0.15, 0.2) is 0 Å². The fourth-order valence-corrected chi connectivity index (χ4v) is 3.80. The summed E-state index contributed by atoms with van der Waals surface area (Å²) in [5.41, 5.74) is 0.832. The number of halogens is 2. The molecule has 0 bridgehead atoms. The molecule has 148 valence electrons. The second-order valence-electron chi connectivity index (χ2n) is 7.56. The lowest BCUT2D eigenvalue weighted by Crippen LogP contribution is -2.52. The van der Waals surface area contributed by atoms with E-state index >= 15 is 0 Å². The van der Waals surface area contributed by atoms with Crippen LogP contribution in [0.3, 0.4) is 0 Å². The standard InChI is InChI=1S/C22H24ClFN2O2/c1-22(21(28)25-14-16-6-4-8-18(24)12-16)10-5-11-26(15-22)20(27)13-17-7-2-3-9-19(17)23/h2-4,6-9,12H,5,10-11,13-15H2,1H3,(H,25,28). The Morgan fingerprint density at radius 2 is 2.00 bits per heavy atom. The van der Waals surface area contributed by atoms with Crippen molar-refractivity contribution >= 4 is 23.4 Å². The number of carbonyl (C=O) groups is 2. The van der Waals surface area contributed by atoms with Crippen LogP contribution in [0.25, 0.3) is 0 Å². The van der Waals surface area contributed by atoms with Crippen molar-refractivity contribution in [2.45, 2.75) is 32.7 Å². The first-order valence-electron chi connectivity index (χ1n) is 9.41. The van der Waals surface area contributed by atoms with Crippen molar-refractivity contribution in [3.05, 3.63) is 70.5 Å². The fraction of sp³-hybridized carbons (Fsp3) is 0.364. The molecule has 4 nitrogen and oxygen atoms in total. The second-order valence-corrected chi connectivity index (χ2v) is 7.97. The summed E-state index contributed by atoms with van der Waals surface area (Å²) < 4.78 is 13.3. The third kappa shape index (κ3) is 4.90. The van der Waals surface area contributed by atoms with E-state index in [2.05, 4.69) is 5.32 Å². The molecule has 0 radical (unpaired) electrons. The second kappa shape index (κ2) is 8.74. The van der Waals surface area contributed by atoms with E-state index in [-0.39, 0.29) is 30.6 Å². The quantitative estimate of drug-likeness (QED) is 0.822. The average Bonchev–Trinajstić information content (AvgIpc) is 2.68. The third-order valence-corrected chi connectivity index (χ3v) is 5.61.